The topological polar surface area (TPSA) is 96.3 Å². The van der Waals surface area contributed by atoms with Crippen LogP contribution in [0, 0.1) is 39.0 Å². The van der Waals surface area contributed by atoms with E-state index in [2.05, 4.69) is 4.72 Å². The number of ether oxygens (including phenoxy) is 1. The van der Waals surface area contributed by atoms with Gasteiger partial charge in [-0.1, -0.05) is 18.2 Å². The van der Waals surface area contributed by atoms with Gasteiger partial charge in [0.25, 0.3) is 0 Å². The van der Waals surface area contributed by atoms with Crippen LogP contribution in [-0.2, 0) is 26.2 Å². The van der Waals surface area contributed by atoms with Crippen molar-refractivity contribution in [2.45, 2.75) is 45.6 Å². The SMILES string of the molecule is Cc1cc(C)c(C)c(S(=O)(=O)NCCC(=O)OCc2ccc(C#N)cc2)c1C. The summed E-state index contributed by atoms with van der Waals surface area (Å²) in [4.78, 5) is 12.2. The van der Waals surface area contributed by atoms with Gasteiger partial charge in [0.1, 0.15) is 6.61 Å². The van der Waals surface area contributed by atoms with E-state index in [0.717, 1.165) is 16.7 Å². The standard InChI is InChI=1S/C21H24N2O4S/c1-14-11-15(2)17(4)21(16(14)3)28(25,26)23-10-9-20(24)27-13-19-7-5-18(12-22)6-8-19/h5-8,11,23H,9-10,13H2,1-4H3. The molecule has 0 fully saturated rings. The summed E-state index contributed by atoms with van der Waals surface area (Å²) in [5.41, 5.74) is 4.52. The van der Waals surface area contributed by atoms with E-state index in [1.165, 1.54) is 0 Å². The van der Waals surface area contributed by atoms with Gasteiger partial charge in [-0.05, 0) is 67.6 Å². The number of sulfonamides is 1. The zero-order valence-electron chi connectivity index (χ0n) is 16.5. The quantitative estimate of drug-likeness (QED) is 0.720. The summed E-state index contributed by atoms with van der Waals surface area (Å²) < 4.78 is 33.1. The lowest BCUT2D eigenvalue weighted by molar-refractivity contribution is -0.144. The van der Waals surface area contributed by atoms with E-state index < -0.39 is 16.0 Å². The first kappa shape index (κ1) is 21.6. The van der Waals surface area contributed by atoms with Gasteiger partial charge in [0.2, 0.25) is 10.0 Å². The highest BCUT2D eigenvalue weighted by atomic mass is 32.2. The van der Waals surface area contributed by atoms with Crippen molar-refractivity contribution < 1.29 is 17.9 Å². The minimum Gasteiger partial charge on any atom is -0.461 e. The number of carbonyl (C=O) groups excluding carboxylic acids is 1. The number of rotatable bonds is 7. The summed E-state index contributed by atoms with van der Waals surface area (Å²) >= 11 is 0. The van der Waals surface area contributed by atoms with Crippen LogP contribution >= 0.6 is 0 Å². The number of hydrogen-bond donors (Lipinski definition) is 1. The normalized spacial score (nSPS) is 11.1. The molecule has 7 heteroatoms. The van der Waals surface area contributed by atoms with Crippen molar-refractivity contribution in [2.75, 3.05) is 6.54 Å². The zero-order valence-corrected chi connectivity index (χ0v) is 17.3. The molecule has 0 spiro atoms. The number of esters is 1. The van der Waals surface area contributed by atoms with Crippen LogP contribution in [0.3, 0.4) is 0 Å². The number of nitriles is 1. The summed E-state index contributed by atoms with van der Waals surface area (Å²) in [6.07, 6.45) is -0.0710. The fourth-order valence-corrected chi connectivity index (χ4v) is 4.50. The predicted molar refractivity (Wildman–Crippen MR) is 106 cm³/mol. The van der Waals surface area contributed by atoms with Gasteiger partial charge in [0.05, 0.1) is 22.9 Å². The Morgan fingerprint density at radius 1 is 1.07 bits per heavy atom. The smallest absolute Gasteiger partial charge is 0.307 e. The van der Waals surface area contributed by atoms with Crippen LogP contribution in [0.5, 0.6) is 0 Å². The lowest BCUT2D eigenvalue weighted by Crippen LogP contribution is -2.28. The molecule has 2 aromatic carbocycles. The minimum atomic E-state index is -3.73. The van der Waals surface area contributed by atoms with Gasteiger partial charge in [-0.2, -0.15) is 5.26 Å². The number of carbonyl (C=O) groups is 1. The second-order valence-electron chi connectivity index (χ2n) is 6.71. The van der Waals surface area contributed by atoms with Crippen molar-refractivity contribution in [3.8, 4) is 6.07 Å². The molecule has 0 amide bonds. The van der Waals surface area contributed by atoms with Crippen molar-refractivity contribution >= 4 is 16.0 Å². The van der Waals surface area contributed by atoms with Gasteiger partial charge in [-0.3, -0.25) is 4.79 Å². The van der Waals surface area contributed by atoms with E-state index in [1.807, 2.05) is 26.0 Å². The molecular formula is C21H24N2O4S. The highest BCUT2D eigenvalue weighted by molar-refractivity contribution is 7.89. The fraction of sp³-hybridized carbons (Fsp3) is 0.333. The second kappa shape index (κ2) is 9.00. The molecule has 0 aliphatic heterocycles. The Morgan fingerprint density at radius 3 is 2.18 bits per heavy atom. The van der Waals surface area contributed by atoms with E-state index in [1.54, 1.807) is 38.1 Å². The van der Waals surface area contributed by atoms with Crippen LogP contribution < -0.4 is 4.72 Å². The maximum absolute atomic E-state index is 12.7. The molecule has 0 aliphatic carbocycles. The molecule has 0 saturated heterocycles. The predicted octanol–water partition coefficient (Wildman–Crippen LogP) is 3.20. The number of nitrogens with zero attached hydrogens (tertiary/aromatic N) is 1. The Balaban J connectivity index is 1.93. The lowest BCUT2D eigenvalue weighted by Gasteiger charge is -2.16. The monoisotopic (exact) mass is 400 g/mol. The molecule has 28 heavy (non-hydrogen) atoms. The second-order valence-corrected chi connectivity index (χ2v) is 8.41. The molecule has 0 saturated carbocycles. The fourth-order valence-electron chi connectivity index (χ4n) is 2.85. The van der Waals surface area contributed by atoms with Crippen LogP contribution in [0.2, 0.25) is 0 Å². The third kappa shape index (κ3) is 5.18. The first-order chi connectivity index (χ1) is 13.2. The van der Waals surface area contributed by atoms with Gasteiger partial charge in [-0.25, -0.2) is 13.1 Å². The van der Waals surface area contributed by atoms with Crippen molar-refractivity contribution in [3.63, 3.8) is 0 Å². The first-order valence-electron chi connectivity index (χ1n) is 8.87. The van der Waals surface area contributed by atoms with Gasteiger partial charge >= 0.3 is 5.97 Å². The van der Waals surface area contributed by atoms with Gasteiger partial charge in [0, 0.05) is 6.54 Å². The molecule has 0 heterocycles. The summed E-state index contributed by atoms with van der Waals surface area (Å²) in [6, 6.07) is 10.7. The molecule has 2 rings (SSSR count). The molecule has 1 N–H and O–H groups in total. The number of benzene rings is 2. The van der Waals surface area contributed by atoms with Crippen LogP contribution in [-0.4, -0.2) is 20.9 Å². The third-order valence-corrected chi connectivity index (χ3v) is 6.40. The van der Waals surface area contributed by atoms with Crippen molar-refractivity contribution in [1.82, 2.24) is 4.72 Å². The van der Waals surface area contributed by atoms with Crippen LogP contribution in [0.15, 0.2) is 35.2 Å². The Morgan fingerprint density at radius 2 is 1.64 bits per heavy atom. The lowest BCUT2D eigenvalue weighted by atomic mass is 10.0. The van der Waals surface area contributed by atoms with Gasteiger partial charge in [0.15, 0.2) is 0 Å². The van der Waals surface area contributed by atoms with E-state index in [0.29, 0.717) is 16.7 Å². The molecular weight excluding hydrogens is 376 g/mol. The van der Waals surface area contributed by atoms with Crippen LogP contribution in [0.4, 0.5) is 0 Å². The Labute approximate surface area is 166 Å². The minimum absolute atomic E-state index is 0.0413. The summed E-state index contributed by atoms with van der Waals surface area (Å²) in [5, 5.41) is 8.76. The van der Waals surface area contributed by atoms with E-state index in [9.17, 15) is 13.2 Å². The van der Waals surface area contributed by atoms with Crippen molar-refractivity contribution in [1.29, 1.82) is 5.26 Å². The average Bonchev–Trinajstić information content (AvgIpc) is 2.65. The molecule has 0 atom stereocenters. The molecule has 6 nitrogen and oxygen atoms in total. The molecule has 148 valence electrons. The zero-order chi connectivity index (χ0) is 20.9. The highest BCUT2D eigenvalue weighted by Gasteiger charge is 2.22. The Hall–Kier alpha value is -2.69. The largest absolute Gasteiger partial charge is 0.461 e. The maximum atomic E-state index is 12.7. The summed E-state index contributed by atoms with van der Waals surface area (Å²) in [7, 11) is -3.73. The van der Waals surface area contributed by atoms with Crippen LogP contribution in [0.1, 0.15) is 39.8 Å². The highest BCUT2D eigenvalue weighted by Crippen LogP contribution is 2.25. The molecule has 0 radical (unpaired) electrons. The van der Waals surface area contributed by atoms with Gasteiger partial charge < -0.3 is 4.74 Å². The molecule has 0 aromatic heterocycles. The number of nitrogens with one attached hydrogen (secondary N) is 1. The summed E-state index contributed by atoms with van der Waals surface area (Å²) in [5.74, 6) is -0.499. The van der Waals surface area contributed by atoms with Crippen LogP contribution in [0.25, 0.3) is 0 Å². The Bertz CT molecular complexity index is 994. The van der Waals surface area contributed by atoms with Gasteiger partial charge in [-0.15, -0.1) is 0 Å². The number of aryl methyl sites for hydroxylation is 2. The number of hydrogen-bond acceptors (Lipinski definition) is 5. The first-order valence-corrected chi connectivity index (χ1v) is 10.4. The maximum Gasteiger partial charge on any atom is 0.307 e. The van der Waals surface area contributed by atoms with E-state index in [-0.39, 0.29) is 24.5 Å². The molecule has 0 bridgehead atoms. The third-order valence-electron chi connectivity index (χ3n) is 4.67. The molecule has 0 aliphatic rings. The molecule has 2 aromatic rings. The van der Waals surface area contributed by atoms with E-state index >= 15 is 0 Å². The van der Waals surface area contributed by atoms with Crippen molar-refractivity contribution in [2.24, 2.45) is 0 Å². The van der Waals surface area contributed by atoms with Crippen molar-refractivity contribution in [3.05, 3.63) is 63.7 Å². The summed E-state index contributed by atoms with van der Waals surface area (Å²) in [6.45, 7) is 7.35. The molecule has 0 unspecified atom stereocenters. The average molecular weight is 401 g/mol. The Kier molecular flexibility index (Phi) is 6.95. The van der Waals surface area contributed by atoms with E-state index in [4.69, 9.17) is 10.00 Å².